The molecule has 1 unspecified atom stereocenters. The van der Waals surface area contributed by atoms with Crippen molar-refractivity contribution < 1.29 is 14.3 Å². The van der Waals surface area contributed by atoms with Gasteiger partial charge in [-0.1, -0.05) is 36.4 Å². The number of rotatable bonds is 4. The summed E-state index contributed by atoms with van der Waals surface area (Å²) in [6.45, 7) is 3.79. The van der Waals surface area contributed by atoms with E-state index in [1.165, 1.54) is 4.90 Å². The number of carbonyl (C=O) groups is 2. The lowest BCUT2D eigenvalue weighted by atomic mass is 10.1. The largest absolute Gasteiger partial charge is 0.446 e. The predicted molar refractivity (Wildman–Crippen MR) is 66.8 cm³/mol. The van der Waals surface area contributed by atoms with Gasteiger partial charge in [0.2, 0.25) is 5.91 Å². The van der Waals surface area contributed by atoms with Crippen LogP contribution < -0.4 is 0 Å². The molecule has 1 heterocycles. The van der Waals surface area contributed by atoms with Crippen molar-refractivity contribution >= 4 is 12.0 Å². The average molecular weight is 245 g/mol. The first-order valence-corrected chi connectivity index (χ1v) is 5.88. The van der Waals surface area contributed by atoms with Crippen molar-refractivity contribution in [3.63, 3.8) is 0 Å². The number of allylic oxidation sites excluding steroid dienone is 1. The van der Waals surface area contributed by atoms with Gasteiger partial charge in [0.15, 0.2) is 0 Å². The molecule has 1 saturated heterocycles. The highest BCUT2D eigenvalue weighted by Crippen LogP contribution is 2.28. The van der Waals surface area contributed by atoms with E-state index in [0.29, 0.717) is 6.42 Å². The van der Waals surface area contributed by atoms with Crippen LogP contribution in [0.25, 0.3) is 0 Å². The maximum atomic E-state index is 12.0. The summed E-state index contributed by atoms with van der Waals surface area (Å²) >= 11 is 0. The van der Waals surface area contributed by atoms with Gasteiger partial charge >= 0.3 is 6.09 Å². The minimum absolute atomic E-state index is 0.216. The molecular formula is C14H15NO3. The number of amides is 2. The zero-order valence-corrected chi connectivity index (χ0v) is 10.0. The molecule has 0 bridgehead atoms. The third kappa shape index (κ3) is 2.42. The zero-order valence-electron chi connectivity index (χ0n) is 10.0. The topological polar surface area (TPSA) is 46.6 Å². The maximum absolute atomic E-state index is 12.0. The molecule has 18 heavy (non-hydrogen) atoms. The second-order valence-electron chi connectivity index (χ2n) is 4.09. The smallest absolute Gasteiger partial charge is 0.417 e. The molecule has 0 radical (unpaired) electrons. The summed E-state index contributed by atoms with van der Waals surface area (Å²) in [5.74, 6) is -0.216. The van der Waals surface area contributed by atoms with E-state index in [9.17, 15) is 9.59 Å². The van der Waals surface area contributed by atoms with Crippen LogP contribution in [-0.4, -0.2) is 23.5 Å². The number of benzene rings is 1. The number of ether oxygens (including phenoxy) is 1. The Balaban J connectivity index is 2.17. The second kappa shape index (κ2) is 5.49. The Morgan fingerprint density at radius 1 is 1.44 bits per heavy atom. The van der Waals surface area contributed by atoms with E-state index in [0.717, 1.165) is 5.56 Å². The first-order valence-electron chi connectivity index (χ1n) is 5.88. The standard InChI is InChI=1S/C14H15NO3/c1-2-3-9-13(16)15-12(10-18-14(15)17)11-7-5-4-6-8-11/h2,4-8,12H,1,3,9-10H2. The van der Waals surface area contributed by atoms with E-state index in [2.05, 4.69) is 6.58 Å². The van der Waals surface area contributed by atoms with Gasteiger partial charge in [0.05, 0.1) is 0 Å². The Kier molecular flexibility index (Phi) is 3.77. The van der Waals surface area contributed by atoms with Crippen LogP contribution in [0, 0.1) is 0 Å². The van der Waals surface area contributed by atoms with Crippen LogP contribution in [0.15, 0.2) is 43.0 Å². The summed E-state index contributed by atoms with van der Waals surface area (Å²) in [6, 6.07) is 9.12. The molecule has 0 aromatic heterocycles. The summed E-state index contributed by atoms with van der Waals surface area (Å²) in [4.78, 5) is 24.8. The third-order valence-corrected chi connectivity index (χ3v) is 2.89. The first kappa shape index (κ1) is 12.4. The van der Waals surface area contributed by atoms with Crippen molar-refractivity contribution in [1.82, 2.24) is 4.90 Å². The van der Waals surface area contributed by atoms with Crippen molar-refractivity contribution in [2.45, 2.75) is 18.9 Å². The Bertz CT molecular complexity index is 455. The molecule has 2 amide bonds. The van der Waals surface area contributed by atoms with Crippen LogP contribution in [0.1, 0.15) is 24.4 Å². The van der Waals surface area contributed by atoms with Crippen LogP contribution >= 0.6 is 0 Å². The molecule has 1 fully saturated rings. The summed E-state index contributed by atoms with van der Waals surface area (Å²) in [7, 11) is 0. The number of hydrogen-bond acceptors (Lipinski definition) is 3. The fourth-order valence-electron chi connectivity index (χ4n) is 1.96. The van der Waals surface area contributed by atoms with E-state index in [1.807, 2.05) is 30.3 Å². The zero-order chi connectivity index (χ0) is 13.0. The van der Waals surface area contributed by atoms with E-state index in [1.54, 1.807) is 6.08 Å². The number of nitrogens with zero attached hydrogens (tertiary/aromatic N) is 1. The van der Waals surface area contributed by atoms with E-state index in [4.69, 9.17) is 4.74 Å². The highest BCUT2D eigenvalue weighted by molar-refractivity contribution is 5.93. The van der Waals surface area contributed by atoms with E-state index in [-0.39, 0.29) is 25.0 Å². The van der Waals surface area contributed by atoms with Gasteiger partial charge in [-0.15, -0.1) is 6.58 Å². The maximum Gasteiger partial charge on any atom is 0.417 e. The molecule has 94 valence electrons. The molecule has 2 rings (SSSR count). The fraction of sp³-hybridized carbons (Fsp3) is 0.286. The lowest BCUT2D eigenvalue weighted by molar-refractivity contribution is -0.129. The van der Waals surface area contributed by atoms with Gasteiger partial charge in [0.1, 0.15) is 12.6 Å². The SMILES string of the molecule is C=CCCC(=O)N1C(=O)OCC1c1ccccc1. The number of cyclic esters (lactones) is 1. The second-order valence-corrected chi connectivity index (χ2v) is 4.09. The first-order chi connectivity index (χ1) is 8.74. The molecule has 4 nitrogen and oxygen atoms in total. The van der Waals surface area contributed by atoms with Gasteiger partial charge < -0.3 is 4.74 Å². The third-order valence-electron chi connectivity index (χ3n) is 2.89. The van der Waals surface area contributed by atoms with Crippen molar-refractivity contribution in [3.8, 4) is 0 Å². The highest BCUT2D eigenvalue weighted by atomic mass is 16.6. The van der Waals surface area contributed by atoms with Gasteiger partial charge in [-0.3, -0.25) is 4.79 Å². The van der Waals surface area contributed by atoms with Gasteiger partial charge in [-0.2, -0.15) is 0 Å². The normalized spacial score (nSPS) is 18.6. The number of carbonyl (C=O) groups excluding carboxylic acids is 2. The molecule has 1 aliphatic rings. The van der Waals surface area contributed by atoms with Gasteiger partial charge in [0.25, 0.3) is 0 Å². The van der Waals surface area contributed by atoms with Crippen molar-refractivity contribution in [2.24, 2.45) is 0 Å². The quantitative estimate of drug-likeness (QED) is 0.766. The Hall–Kier alpha value is -2.10. The van der Waals surface area contributed by atoms with Gasteiger partial charge in [-0.05, 0) is 12.0 Å². The van der Waals surface area contributed by atoms with Crippen LogP contribution in [0.5, 0.6) is 0 Å². The summed E-state index contributed by atoms with van der Waals surface area (Å²) in [6.07, 6.45) is 1.95. The van der Waals surface area contributed by atoms with Crippen molar-refractivity contribution in [3.05, 3.63) is 48.6 Å². The molecule has 1 aromatic carbocycles. The lowest BCUT2D eigenvalue weighted by Crippen LogP contribution is -2.33. The highest BCUT2D eigenvalue weighted by Gasteiger charge is 2.38. The summed E-state index contributed by atoms with van der Waals surface area (Å²) in [5.41, 5.74) is 0.912. The number of imide groups is 1. The Labute approximate surface area is 106 Å². The van der Waals surface area contributed by atoms with Crippen LogP contribution in [0.4, 0.5) is 4.79 Å². The minimum atomic E-state index is -0.557. The van der Waals surface area contributed by atoms with Crippen molar-refractivity contribution in [1.29, 1.82) is 0 Å². The van der Waals surface area contributed by atoms with Crippen LogP contribution in [0.3, 0.4) is 0 Å². The monoisotopic (exact) mass is 245 g/mol. The predicted octanol–water partition coefficient (Wildman–Crippen LogP) is 2.67. The molecule has 4 heteroatoms. The fourth-order valence-corrected chi connectivity index (χ4v) is 1.96. The van der Waals surface area contributed by atoms with E-state index < -0.39 is 6.09 Å². The molecule has 0 spiro atoms. The minimum Gasteiger partial charge on any atom is -0.446 e. The van der Waals surface area contributed by atoms with E-state index >= 15 is 0 Å². The Morgan fingerprint density at radius 3 is 2.83 bits per heavy atom. The number of hydrogen-bond donors (Lipinski definition) is 0. The van der Waals surface area contributed by atoms with Crippen LogP contribution in [0.2, 0.25) is 0 Å². The molecule has 0 N–H and O–H groups in total. The molecule has 0 saturated carbocycles. The average Bonchev–Trinajstić information content (AvgIpc) is 2.79. The molecule has 1 atom stereocenters. The van der Waals surface area contributed by atoms with Crippen molar-refractivity contribution in [2.75, 3.05) is 6.61 Å². The van der Waals surface area contributed by atoms with Gasteiger partial charge in [-0.25, -0.2) is 9.69 Å². The molecule has 1 aromatic rings. The summed E-state index contributed by atoms with van der Waals surface area (Å²) < 4.78 is 4.97. The lowest BCUT2D eigenvalue weighted by Gasteiger charge is -2.19. The summed E-state index contributed by atoms with van der Waals surface area (Å²) in [5, 5.41) is 0. The molecular weight excluding hydrogens is 230 g/mol. The van der Waals surface area contributed by atoms with Crippen LogP contribution in [-0.2, 0) is 9.53 Å². The Morgan fingerprint density at radius 2 is 2.17 bits per heavy atom. The van der Waals surface area contributed by atoms with Gasteiger partial charge in [0, 0.05) is 6.42 Å². The molecule has 0 aliphatic carbocycles. The molecule has 1 aliphatic heterocycles.